The Morgan fingerprint density at radius 2 is 2.20 bits per heavy atom. The second-order valence-electron chi connectivity index (χ2n) is 5.88. The molecule has 2 heterocycles. The van der Waals surface area contributed by atoms with E-state index in [1.54, 1.807) is 16.6 Å². The number of likely N-dealkylation sites (tertiary alicyclic amines) is 1. The van der Waals surface area contributed by atoms with Crippen molar-refractivity contribution in [1.29, 1.82) is 0 Å². The first-order valence-electron chi connectivity index (χ1n) is 6.83. The first kappa shape index (κ1) is 14.6. The van der Waals surface area contributed by atoms with Gasteiger partial charge < -0.3 is 10.0 Å². The summed E-state index contributed by atoms with van der Waals surface area (Å²) < 4.78 is 1.67. The van der Waals surface area contributed by atoms with Crippen molar-refractivity contribution >= 4 is 11.9 Å². The van der Waals surface area contributed by atoms with Gasteiger partial charge in [-0.25, -0.2) is 0 Å². The number of aryl methyl sites for hydroxylation is 2. The Labute approximate surface area is 118 Å². The molecule has 1 aliphatic rings. The van der Waals surface area contributed by atoms with Gasteiger partial charge in [-0.05, 0) is 12.8 Å². The molecular formula is C14H21N3O3. The van der Waals surface area contributed by atoms with Gasteiger partial charge in [-0.1, -0.05) is 13.8 Å². The van der Waals surface area contributed by atoms with E-state index in [9.17, 15) is 14.7 Å². The summed E-state index contributed by atoms with van der Waals surface area (Å²) in [6.45, 7) is 6.47. The van der Waals surface area contributed by atoms with Gasteiger partial charge in [0, 0.05) is 31.8 Å². The summed E-state index contributed by atoms with van der Waals surface area (Å²) in [5.74, 6) is -1.40. The van der Waals surface area contributed by atoms with Crippen LogP contribution in [0.1, 0.15) is 37.6 Å². The Bertz CT molecular complexity index is 536. The van der Waals surface area contributed by atoms with Gasteiger partial charge in [0.25, 0.3) is 0 Å². The van der Waals surface area contributed by atoms with Crippen LogP contribution in [0.3, 0.4) is 0 Å². The lowest BCUT2D eigenvalue weighted by Gasteiger charge is -2.28. The minimum atomic E-state index is -0.919. The molecule has 1 N–H and O–H groups in total. The molecule has 1 saturated heterocycles. The highest BCUT2D eigenvalue weighted by Crippen LogP contribution is 2.39. The molecule has 0 saturated carbocycles. The number of aliphatic carboxylic acids is 1. The summed E-state index contributed by atoms with van der Waals surface area (Å²) in [6.07, 6.45) is 1.89. The van der Waals surface area contributed by atoms with Crippen LogP contribution in [0.2, 0.25) is 0 Å². The Balaban J connectivity index is 2.43. The minimum Gasteiger partial charge on any atom is -0.481 e. The lowest BCUT2D eigenvalue weighted by molar-refractivity contribution is -0.142. The van der Waals surface area contributed by atoms with Crippen LogP contribution in [0.15, 0.2) is 6.20 Å². The third kappa shape index (κ3) is 2.55. The molecule has 2 rings (SSSR count). The summed E-state index contributed by atoms with van der Waals surface area (Å²) in [7, 11) is 1.80. The molecule has 0 spiro atoms. The van der Waals surface area contributed by atoms with Crippen LogP contribution in [-0.4, -0.2) is 38.2 Å². The maximum Gasteiger partial charge on any atom is 0.309 e. The fourth-order valence-corrected chi connectivity index (χ4v) is 2.91. The van der Waals surface area contributed by atoms with Gasteiger partial charge in [-0.2, -0.15) is 5.10 Å². The van der Waals surface area contributed by atoms with Crippen molar-refractivity contribution in [3.05, 3.63) is 17.5 Å². The molecule has 1 aromatic heterocycles. The molecule has 1 fully saturated rings. The van der Waals surface area contributed by atoms with E-state index in [2.05, 4.69) is 5.10 Å². The molecule has 110 valence electrons. The van der Waals surface area contributed by atoms with Crippen LogP contribution in [0, 0.1) is 18.8 Å². The van der Waals surface area contributed by atoms with Crippen LogP contribution in [0.5, 0.6) is 0 Å². The number of aromatic nitrogens is 2. The number of nitrogens with zero attached hydrogens (tertiary/aromatic N) is 3. The molecule has 0 bridgehead atoms. The maximum absolute atomic E-state index is 12.2. The molecule has 0 aromatic carbocycles. The lowest BCUT2D eigenvalue weighted by atomic mass is 9.94. The summed E-state index contributed by atoms with van der Waals surface area (Å²) in [4.78, 5) is 25.3. The molecule has 6 nitrogen and oxygen atoms in total. The Morgan fingerprint density at radius 3 is 2.65 bits per heavy atom. The van der Waals surface area contributed by atoms with Crippen LogP contribution in [0.25, 0.3) is 0 Å². The first-order chi connectivity index (χ1) is 9.31. The largest absolute Gasteiger partial charge is 0.481 e. The summed E-state index contributed by atoms with van der Waals surface area (Å²) in [5.41, 5.74) is 1.62. The number of hydrogen-bond acceptors (Lipinski definition) is 3. The molecule has 1 aromatic rings. The van der Waals surface area contributed by atoms with Gasteiger partial charge in [0.15, 0.2) is 0 Å². The fraction of sp³-hybridized carbons (Fsp3) is 0.643. The molecule has 1 amide bonds. The lowest BCUT2D eigenvalue weighted by Crippen LogP contribution is -2.33. The van der Waals surface area contributed by atoms with E-state index in [0.29, 0.717) is 12.5 Å². The second kappa shape index (κ2) is 5.26. The number of rotatable bonds is 4. The molecule has 0 radical (unpaired) electrons. The van der Waals surface area contributed by atoms with Crippen LogP contribution >= 0.6 is 0 Å². The molecular weight excluding hydrogens is 258 g/mol. The standard InChI is InChI=1S/C14H21N3O3/c1-8(2)6-17-12(18)5-10(14(19)20)13(17)11-7-16(4)15-9(11)3/h7-8,10,13H,5-6H2,1-4H3,(H,19,20). The number of carboxylic acids is 1. The highest BCUT2D eigenvalue weighted by atomic mass is 16.4. The number of hydrogen-bond donors (Lipinski definition) is 1. The Kier molecular flexibility index (Phi) is 3.83. The van der Waals surface area contributed by atoms with E-state index in [4.69, 9.17) is 0 Å². The predicted molar refractivity (Wildman–Crippen MR) is 73.0 cm³/mol. The first-order valence-corrected chi connectivity index (χ1v) is 6.83. The van der Waals surface area contributed by atoms with Gasteiger partial charge in [-0.15, -0.1) is 0 Å². The van der Waals surface area contributed by atoms with Gasteiger partial charge in [0.05, 0.1) is 17.7 Å². The zero-order valence-electron chi connectivity index (χ0n) is 12.3. The van der Waals surface area contributed by atoms with Crippen molar-refractivity contribution in [2.45, 2.75) is 33.2 Å². The quantitative estimate of drug-likeness (QED) is 0.903. The van der Waals surface area contributed by atoms with Crippen LogP contribution in [0.4, 0.5) is 0 Å². The number of amides is 1. The van der Waals surface area contributed by atoms with Crippen LogP contribution in [-0.2, 0) is 16.6 Å². The van der Waals surface area contributed by atoms with E-state index in [1.807, 2.05) is 27.0 Å². The SMILES string of the molecule is Cc1nn(C)cc1C1C(C(=O)O)CC(=O)N1CC(C)C. The van der Waals surface area contributed by atoms with Crippen molar-refractivity contribution in [2.75, 3.05) is 6.54 Å². The topological polar surface area (TPSA) is 75.4 Å². The Hall–Kier alpha value is -1.85. The molecule has 2 unspecified atom stereocenters. The van der Waals surface area contributed by atoms with E-state index in [1.165, 1.54) is 0 Å². The van der Waals surface area contributed by atoms with E-state index >= 15 is 0 Å². The summed E-state index contributed by atoms with van der Waals surface area (Å²) in [6, 6.07) is -0.406. The maximum atomic E-state index is 12.2. The van der Waals surface area contributed by atoms with Crippen molar-refractivity contribution in [3.63, 3.8) is 0 Å². The fourth-order valence-electron chi connectivity index (χ4n) is 2.91. The average Bonchev–Trinajstić information content (AvgIpc) is 2.80. The van der Waals surface area contributed by atoms with Crippen molar-refractivity contribution in [2.24, 2.45) is 18.9 Å². The van der Waals surface area contributed by atoms with Crippen molar-refractivity contribution in [1.82, 2.24) is 14.7 Å². The van der Waals surface area contributed by atoms with Crippen molar-refractivity contribution in [3.8, 4) is 0 Å². The molecule has 20 heavy (non-hydrogen) atoms. The normalized spacial score (nSPS) is 22.9. The van der Waals surface area contributed by atoms with Crippen LogP contribution < -0.4 is 0 Å². The van der Waals surface area contributed by atoms with E-state index < -0.39 is 17.9 Å². The third-order valence-electron chi connectivity index (χ3n) is 3.68. The number of carbonyl (C=O) groups excluding carboxylic acids is 1. The van der Waals surface area contributed by atoms with Gasteiger partial charge in [0.1, 0.15) is 0 Å². The van der Waals surface area contributed by atoms with Gasteiger partial charge in [0.2, 0.25) is 5.91 Å². The average molecular weight is 279 g/mol. The van der Waals surface area contributed by atoms with Gasteiger partial charge >= 0.3 is 5.97 Å². The molecule has 1 aliphatic heterocycles. The molecule has 6 heteroatoms. The second-order valence-corrected chi connectivity index (χ2v) is 5.88. The minimum absolute atomic E-state index is 0.0705. The zero-order chi connectivity index (χ0) is 15.0. The monoisotopic (exact) mass is 279 g/mol. The highest BCUT2D eigenvalue weighted by molar-refractivity contribution is 5.87. The molecule has 2 atom stereocenters. The smallest absolute Gasteiger partial charge is 0.309 e. The Morgan fingerprint density at radius 1 is 1.55 bits per heavy atom. The van der Waals surface area contributed by atoms with E-state index in [0.717, 1.165) is 11.3 Å². The van der Waals surface area contributed by atoms with Crippen molar-refractivity contribution < 1.29 is 14.7 Å². The summed E-state index contributed by atoms with van der Waals surface area (Å²) in [5, 5.41) is 13.7. The molecule has 0 aliphatic carbocycles. The predicted octanol–water partition coefficient (Wildman–Crippen LogP) is 1.36. The van der Waals surface area contributed by atoms with E-state index in [-0.39, 0.29) is 12.3 Å². The number of carbonyl (C=O) groups is 2. The highest BCUT2D eigenvalue weighted by Gasteiger charge is 2.45. The van der Waals surface area contributed by atoms with Gasteiger partial charge in [-0.3, -0.25) is 14.3 Å². The third-order valence-corrected chi connectivity index (χ3v) is 3.68. The number of carboxylic acid groups (broad SMARTS) is 1. The zero-order valence-corrected chi connectivity index (χ0v) is 12.3. The summed E-state index contributed by atoms with van der Waals surface area (Å²) >= 11 is 0.